The number of aryl methyl sites for hydroxylation is 1. The van der Waals surface area contributed by atoms with E-state index < -0.39 is 0 Å². The normalized spacial score (nSPS) is 17.3. The number of aromatic nitrogens is 4. The van der Waals surface area contributed by atoms with Gasteiger partial charge in [0.1, 0.15) is 0 Å². The quantitative estimate of drug-likeness (QED) is 0.346. The van der Waals surface area contributed by atoms with Crippen LogP contribution >= 0.6 is 11.6 Å². The van der Waals surface area contributed by atoms with Crippen LogP contribution in [0.2, 0.25) is 5.28 Å². The van der Waals surface area contributed by atoms with Crippen LogP contribution in [0.4, 0.5) is 11.4 Å². The molecule has 0 atom stereocenters. The van der Waals surface area contributed by atoms with Gasteiger partial charge in [0.25, 0.3) is 5.69 Å². The van der Waals surface area contributed by atoms with Crippen molar-refractivity contribution in [2.75, 3.05) is 18.0 Å². The summed E-state index contributed by atoms with van der Waals surface area (Å²) < 4.78 is 1.58. The fourth-order valence-corrected chi connectivity index (χ4v) is 4.54. The Morgan fingerprint density at radius 3 is 2.60 bits per heavy atom. The molecule has 30 heavy (non-hydrogen) atoms. The molecule has 0 N–H and O–H groups in total. The van der Waals surface area contributed by atoms with Gasteiger partial charge >= 0.3 is 0 Å². The highest BCUT2D eigenvalue weighted by Crippen LogP contribution is 2.54. The van der Waals surface area contributed by atoms with Gasteiger partial charge in [0, 0.05) is 36.6 Å². The third kappa shape index (κ3) is 3.41. The highest BCUT2D eigenvalue weighted by Gasteiger charge is 2.44. The topological polar surface area (TPSA) is 90.0 Å². The van der Waals surface area contributed by atoms with Crippen LogP contribution in [0.1, 0.15) is 31.4 Å². The number of rotatable bonds is 4. The van der Waals surface area contributed by atoms with Gasteiger partial charge in [-0.15, -0.1) is 0 Å². The van der Waals surface area contributed by atoms with Gasteiger partial charge in [-0.05, 0) is 61.8 Å². The molecule has 2 fully saturated rings. The first-order chi connectivity index (χ1) is 14.4. The summed E-state index contributed by atoms with van der Waals surface area (Å²) in [5.74, 6) is 0. The van der Waals surface area contributed by atoms with Crippen LogP contribution in [-0.2, 0) is 0 Å². The van der Waals surface area contributed by atoms with Crippen molar-refractivity contribution in [2.24, 2.45) is 5.41 Å². The molecule has 1 aromatic carbocycles. The van der Waals surface area contributed by atoms with Crippen molar-refractivity contribution in [3.05, 3.63) is 57.8 Å². The van der Waals surface area contributed by atoms with Crippen molar-refractivity contribution < 1.29 is 4.92 Å². The number of anilines is 1. The zero-order valence-electron chi connectivity index (χ0n) is 16.6. The summed E-state index contributed by atoms with van der Waals surface area (Å²) in [5.41, 5.74) is 3.98. The molecule has 5 rings (SSSR count). The van der Waals surface area contributed by atoms with Gasteiger partial charge in [-0.1, -0.05) is 6.07 Å². The lowest BCUT2D eigenvalue weighted by molar-refractivity contribution is -0.384. The molecule has 2 aliphatic rings. The minimum absolute atomic E-state index is 0.0331. The van der Waals surface area contributed by atoms with E-state index in [9.17, 15) is 10.1 Å². The Morgan fingerprint density at radius 2 is 1.93 bits per heavy atom. The third-order valence-electron chi connectivity index (χ3n) is 6.25. The first kappa shape index (κ1) is 19.0. The summed E-state index contributed by atoms with van der Waals surface area (Å²) in [6.45, 7) is 3.65. The lowest BCUT2D eigenvalue weighted by Crippen LogP contribution is -2.35. The van der Waals surface area contributed by atoms with E-state index >= 15 is 0 Å². The Balaban J connectivity index is 1.56. The molecule has 0 amide bonds. The maximum Gasteiger partial charge on any atom is 0.297 e. The minimum atomic E-state index is -0.349. The molecule has 154 valence electrons. The SMILES string of the molecule is Cc1cc(-c2cnn(-c3c(N4CCC5(CC4)CC5)cccc3[N+](=O)[O-])c2)nc(Cl)n1. The number of para-hydroxylation sites is 1. The van der Waals surface area contributed by atoms with Gasteiger partial charge in [-0.3, -0.25) is 10.1 Å². The Hall–Kier alpha value is -3.00. The molecular formula is C21H21ClN6O2. The number of hydrogen-bond acceptors (Lipinski definition) is 6. The number of piperidine rings is 1. The molecule has 3 aromatic rings. The number of nitrogens with zero attached hydrogens (tertiary/aromatic N) is 6. The molecule has 0 bridgehead atoms. The number of hydrogen-bond donors (Lipinski definition) is 0. The van der Waals surface area contributed by atoms with E-state index in [2.05, 4.69) is 20.0 Å². The van der Waals surface area contributed by atoms with Gasteiger partial charge in [0.2, 0.25) is 5.28 Å². The molecule has 1 aliphatic carbocycles. The van der Waals surface area contributed by atoms with Crippen LogP contribution in [0, 0.1) is 22.5 Å². The van der Waals surface area contributed by atoms with E-state index in [1.165, 1.54) is 18.9 Å². The zero-order chi connectivity index (χ0) is 20.9. The summed E-state index contributed by atoms with van der Waals surface area (Å²) in [4.78, 5) is 22.1. The van der Waals surface area contributed by atoms with Crippen LogP contribution in [0.15, 0.2) is 36.7 Å². The lowest BCUT2D eigenvalue weighted by Gasteiger charge is -2.34. The molecule has 0 unspecified atom stereocenters. The van der Waals surface area contributed by atoms with Gasteiger partial charge in [0.15, 0.2) is 5.69 Å². The van der Waals surface area contributed by atoms with Crippen molar-refractivity contribution in [1.29, 1.82) is 0 Å². The van der Waals surface area contributed by atoms with E-state index in [1.54, 1.807) is 23.1 Å². The second-order valence-corrected chi connectivity index (χ2v) is 8.56. The highest BCUT2D eigenvalue weighted by molar-refractivity contribution is 6.28. The van der Waals surface area contributed by atoms with E-state index in [0.29, 0.717) is 16.8 Å². The average molecular weight is 425 g/mol. The summed E-state index contributed by atoms with van der Waals surface area (Å²) in [5, 5.41) is 16.4. The fraction of sp³-hybridized carbons (Fsp3) is 0.381. The predicted molar refractivity (Wildman–Crippen MR) is 114 cm³/mol. The fourth-order valence-electron chi connectivity index (χ4n) is 4.31. The van der Waals surface area contributed by atoms with Crippen LogP contribution in [-0.4, -0.2) is 37.8 Å². The third-order valence-corrected chi connectivity index (χ3v) is 6.42. The summed E-state index contributed by atoms with van der Waals surface area (Å²) in [6, 6.07) is 7.03. The average Bonchev–Trinajstić information content (AvgIpc) is 3.28. The smallest absolute Gasteiger partial charge is 0.297 e. The van der Waals surface area contributed by atoms with E-state index in [1.807, 2.05) is 19.1 Å². The molecule has 3 heterocycles. The minimum Gasteiger partial charge on any atom is -0.370 e. The first-order valence-electron chi connectivity index (χ1n) is 10.0. The molecule has 9 heteroatoms. The standard InChI is InChI=1S/C21H21ClN6O2/c1-14-11-16(25-20(22)24-14)15-12-23-27(13-15)19-17(3-2-4-18(19)28(29)30)26-9-7-21(5-6-21)8-10-26/h2-4,11-13H,5-10H2,1H3. The maximum absolute atomic E-state index is 11.8. The van der Waals surface area contributed by atoms with Gasteiger partial charge in [-0.25, -0.2) is 14.6 Å². The van der Waals surface area contributed by atoms with E-state index in [-0.39, 0.29) is 15.9 Å². The lowest BCUT2D eigenvalue weighted by atomic mass is 9.93. The van der Waals surface area contributed by atoms with Crippen LogP contribution in [0.3, 0.4) is 0 Å². The number of nitro benzene ring substituents is 1. The van der Waals surface area contributed by atoms with Crippen molar-refractivity contribution in [3.63, 3.8) is 0 Å². The molecule has 8 nitrogen and oxygen atoms in total. The van der Waals surface area contributed by atoms with Crippen LogP contribution < -0.4 is 4.90 Å². The summed E-state index contributed by atoms with van der Waals surface area (Å²) in [7, 11) is 0. The van der Waals surface area contributed by atoms with E-state index in [0.717, 1.165) is 42.9 Å². The summed E-state index contributed by atoms with van der Waals surface area (Å²) >= 11 is 6.00. The number of benzene rings is 1. The number of halogens is 1. The Bertz CT molecular complexity index is 1110. The number of nitro groups is 1. The molecular weight excluding hydrogens is 404 g/mol. The van der Waals surface area contributed by atoms with Gasteiger partial charge in [-0.2, -0.15) is 5.10 Å². The van der Waals surface area contributed by atoms with Crippen molar-refractivity contribution in [1.82, 2.24) is 19.7 Å². The van der Waals surface area contributed by atoms with Crippen molar-refractivity contribution in [2.45, 2.75) is 32.6 Å². The molecule has 2 aromatic heterocycles. The maximum atomic E-state index is 11.8. The summed E-state index contributed by atoms with van der Waals surface area (Å²) in [6.07, 6.45) is 8.30. The van der Waals surface area contributed by atoms with E-state index in [4.69, 9.17) is 11.6 Å². The molecule has 1 saturated carbocycles. The second kappa shape index (κ2) is 7.05. The molecule has 1 saturated heterocycles. The van der Waals surface area contributed by atoms with Gasteiger partial charge < -0.3 is 4.90 Å². The van der Waals surface area contributed by atoms with Crippen LogP contribution in [0.25, 0.3) is 16.9 Å². The highest BCUT2D eigenvalue weighted by atomic mass is 35.5. The molecule has 1 spiro atoms. The van der Waals surface area contributed by atoms with Crippen molar-refractivity contribution in [3.8, 4) is 16.9 Å². The second-order valence-electron chi connectivity index (χ2n) is 8.23. The Morgan fingerprint density at radius 1 is 1.17 bits per heavy atom. The predicted octanol–water partition coefficient (Wildman–Crippen LogP) is 4.58. The Kier molecular flexibility index (Phi) is 4.47. The van der Waals surface area contributed by atoms with Crippen LogP contribution in [0.5, 0.6) is 0 Å². The van der Waals surface area contributed by atoms with Crippen molar-refractivity contribution >= 4 is 23.0 Å². The monoisotopic (exact) mass is 424 g/mol. The van der Waals surface area contributed by atoms with Gasteiger partial charge in [0.05, 0.1) is 22.5 Å². The largest absolute Gasteiger partial charge is 0.370 e. The first-order valence-corrected chi connectivity index (χ1v) is 10.4. The molecule has 0 radical (unpaired) electrons. The Labute approximate surface area is 178 Å². The zero-order valence-corrected chi connectivity index (χ0v) is 17.3. The molecule has 1 aliphatic heterocycles.